The molecule has 19 heavy (non-hydrogen) atoms. The summed E-state index contributed by atoms with van der Waals surface area (Å²) in [7, 11) is 0. The van der Waals surface area contributed by atoms with E-state index in [-0.39, 0.29) is 5.69 Å². The number of halogens is 1. The molecule has 0 aliphatic carbocycles. The summed E-state index contributed by atoms with van der Waals surface area (Å²) in [5, 5.41) is 17.2. The fourth-order valence-electron chi connectivity index (χ4n) is 2.02. The fourth-order valence-corrected chi connectivity index (χ4v) is 2.52. The lowest BCUT2D eigenvalue weighted by Gasteiger charge is -2.15. The van der Waals surface area contributed by atoms with Gasteiger partial charge in [-0.1, -0.05) is 11.6 Å². The maximum atomic E-state index is 10.6. The molecule has 1 heterocycles. The Morgan fingerprint density at radius 3 is 2.95 bits per heavy atom. The number of nitro groups is 1. The predicted octanol–water partition coefficient (Wildman–Crippen LogP) is 3.08. The van der Waals surface area contributed by atoms with Gasteiger partial charge in [0.1, 0.15) is 0 Å². The minimum absolute atomic E-state index is 0.0958. The second-order valence-corrected chi connectivity index (χ2v) is 5.27. The average Bonchev–Trinajstić information content (AvgIpc) is 2.41. The molecule has 102 valence electrons. The fraction of sp³-hybridized carbons (Fsp3) is 0.385. The van der Waals surface area contributed by atoms with Crippen LogP contribution in [0.2, 0.25) is 0 Å². The van der Waals surface area contributed by atoms with Crippen LogP contribution in [0.1, 0.15) is 12.8 Å². The average molecular weight is 326 g/mol. The molecule has 2 N–H and O–H groups in total. The molecule has 5 nitrogen and oxygen atoms in total. The highest BCUT2D eigenvalue weighted by molar-refractivity contribution is 9.10. The number of hydrogen-bond acceptors (Lipinski definition) is 4. The van der Waals surface area contributed by atoms with Crippen molar-refractivity contribution >= 4 is 27.3 Å². The van der Waals surface area contributed by atoms with Crippen molar-refractivity contribution in [2.75, 3.05) is 25.0 Å². The van der Waals surface area contributed by atoms with Crippen molar-refractivity contribution in [1.29, 1.82) is 0 Å². The zero-order valence-corrected chi connectivity index (χ0v) is 12.1. The third-order valence-corrected chi connectivity index (χ3v) is 3.74. The number of non-ortho nitro benzene ring substituents is 1. The Bertz CT molecular complexity index is 503. The smallest absolute Gasteiger partial charge is 0.270 e. The molecule has 1 aliphatic rings. The summed E-state index contributed by atoms with van der Waals surface area (Å²) < 4.78 is 0.723. The van der Waals surface area contributed by atoms with Gasteiger partial charge in [-0.2, -0.15) is 0 Å². The van der Waals surface area contributed by atoms with Gasteiger partial charge < -0.3 is 10.6 Å². The molecule has 2 rings (SSSR count). The first kappa shape index (κ1) is 14.0. The van der Waals surface area contributed by atoms with E-state index in [1.54, 1.807) is 6.07 Å². The van der Waals surface area contributed by atoms with Crippen LogP contribution in [0, 0.1) is 10.1 Å². The molecular weight excluding hydrogens is 310 g/mol. The van der Waals surface area contributed by atoms with Gasteiger partial charge in [-0.15, -0.1) is 0 Å². The normalized spacial score (nSPS) is 14.9. The number of rotatable bonds is 5. The molecule has 0 aromatic heterocycles. The van der Waals surface area contributed by atoms with Gasteiger partial charge in [0.05, 0.1) is 4.92 Å². The second kappa shape index (κ2) is 6.68. The van der Waals surface area contributed by atoms with Crippen molar-refractivity contribution in [2.24, 2.45) is 0 Å². The molecule has 0 spiro atoms. The summed E-state index contributed by atoms with van der Waals surface area (Å²) in [4.78, 5) is 10.2. The predicted molar refractivity (Wildman–Crippen MR) is 79.5 cm³/mol. The van der Waals surface area contributed by atoms with Crippen molar-refractivity contribution in [3.8, 4) is 0 Å². The van der Waals surface area contributed by atoms with E-state index in [0.717, 1.165) is 42.6 Å². The summed E-state index contributed by atoms with van der Waals surface area (Å²) in [5.41, 5.74) is 2.45. The molecule has 0 bridgehead atoms. The third-order valence-electron chi connectivity index (χ3n) is 3.08. The molecule has 1 aliphatic heterocycles. The summed E-state index contributed by atoms with van der Waals surface area (Å²) in [6.45, 7) is 2.84. The van der Waals surface area contributed by atoms with Gasteiger partial charge in [-0.3, -0.25) is 10.1 Å². The van der Waals surface area contributed by atoms with E-state index in [1.807, 2.05) is 0 Å². The van der Waals surface area contributed by atoms with Crippen molar-refractivity contribution in [3.05, 3.63) is 44.4 Å². The molecule has 6 heteroatoms. The van der Waals surface area contributed by atoms with Gasteiger partial charge in [-0.05, 0) is 41.4 Å². The Hall–Kier alpha value is -1.40. The Labute approximate surface area is 120 Å². The van der Waals surface area contributed by atoms with Gasteiger partial charge >= 0.3 is 0 Å². The Kier molecular flexibility index (Phi) is 4.93. The highest BCUT2D eigenvalue weighted by atomic mass is 79.9. The quantitative estimate of drug-likeness (QED) is 0.496. The topological polar surface area (TPSA) is 67.2 Å². The van der Waals surface area contributed by atoms with Crippen LogP contribution in [0.5, 0.6) is 0 Å². The van der Waals surface area contributed by atoms with Gasteiger partial charge in [0.25, 0.3) is 5.69 Å². The first-order valence-electron chi connectivity index (χ1n) is 6.23. The minimum Gasteiger partial charge on any atom is -0.384 e. The van der Waals surface area contributed by atoms with Gasteiger partial charge in [0.2, 0.25) is 0 Å². The molecule has 1 aromatic carbocycles. The molecule has 0 unspecified atom stereocenters. The second-order valence-electron chi connectivity index (χ2n) is 4.41. The lowest BCUT2D eigenvalue weighted by Crippen LogP contribution is -2.21. The van der Waals surface area contributed by atoms with E-state index >= 15 is 0 Å². The minimum atomic E-state index is -0.394. The summed E-state index contributed by atoms with van der Waals surface area (Å²) in [5.74, 6) is 0. The van der Waals surface area contributed by atoms with Gasteiger partial charge in [0.15, 0.2) is 0 Å². The molecule has 1 aromatic rings. The van der Waals surface area contributed by atoms with Crippen LogP contribution >= 0.6 is 15.9 Å². The molecule has 0 amide bonds. The Morgan fingerprint density at radius 1 is 1.47 bits per heavy atom. The lowest BCUT2D eigenvalue weighted by atomic mass is 10.1. The Morgan fingerprint density at radius 2 is 2.32 bits per heavy atom. The van der Waals surface area contributed by atoms with Crippen LogP contribution < -0.4 is 10.6 Å². The van der Waals surface area contributed by atoms with Crippen LogP contribution in [-0.4, -0.2) is 24.6 Å². The monoisotopic (exact) mass is 325 g/mol. The number of nitro benzene ring substituents is 1. The summed E-state index contributed by atoms with van der Waals surface area (Å²) in [6.07, 6.45) is 4.34. The third kappa shape index (κ3) is 4.04. The van der Waals surface area contributed by atoms with Crippen LogP contribution in [0.25, 0.3) is 0 Å². The molecule has 0 fully saturated rings. The highest BCUT2D eigenvalue weighted by Gasteiger charge is 2.09. The zero-order valence-electron chi connectivity index (χ0n) is 10.5. The van der Waals surface area contributed by atoms with Crippen molar-refractivity contribution < 1.29 is 4.92 Å². The Balaban J connectivity index is 1.89. The maximum absolute atomic E-state index is 10.6. The van der Waals surface area contributed by atoms with Crippen molar-refractivity contribution in [1.82, 2.24) is 5.32 Å². The van der Waals surface area contributed by atoms with E-state index in [4.69, 9.17) is 0 Å². The van der Waals surface area contributed by atoms with Gasteiger partial charge in [0, 0.05) is 35.4 Å². The van der Waals surface area contributed by atoms with E-state index in [1.165, 1.54) is 17.7 Å². The number of anilines is 1. The van der Waals surface area contributed by atoms with E-state index in [0.29, 0.717) is 0 Å². The number of benzene rings is 1. The molecule has 0 atom stereocenters. The maximum Gasteiger partial charge on any atom is 0.270 e. The summed E-state index contributed by atoms with van der Waals surface area (Å²) >= 11 is 3.35. The lowest BCUT2D eigenvalue weighted by molar-refractivity contribution is -0.384. The molecular formula is C13H16BrN3O2. The largest absolute Gasteiger partial charge is 0.384 e. The number of nitrogens with one attached hydrogen (secondary N) is 2. The number of hydrogen-bond donors (Lipinski definition) is 2. The first-order chi connectivity index (χ1) is 9.16. The SMILES string of the molecule is O=[N+]([O-])c1ccc(NCCC2=CCNCC2)c(Br)c1. The van der Waals surface area contributed by atoms with Crippen LogP contribution in [0.15, 0.2) is 34.3 Å². The first-order valence-corrected chi connectivity index (χ1v) is 7.02. The standard InChI is InChI=1S/C13H16BrN3O2/c14-12-9-11(17(18)19)1-2-13(12)16-8-5-10-3-6-15-7-4-10/h1-3,9,15-16H,4-8H2. The van der Waals surface area contributed by atoms with E-state index in [9.17, 15) is 10.1 Å². The highest BCUT2D eigenvalue weighted by Crippen LogP contribution is 2.27. The zero-order chi connectivity index (χ0) is 13.7. The molecule has 0 saturated heterocycles. The van der Waals surface area contributed by atoms with E-state index < -0.39 is 4.92 Å². The van der Waals surface area contributed by atoms with Crippen molar-refractivity contribution in [2.45, 2.75) is 12.8 Å². The van der Waals surface area contributed by atoms with Crippen molar-refractivity contribution in [3.63, 3.8) is 0 Å². The van der Waals surface area contributed by atoms with Crippen LogP contribution in [0.4, 0.5) is 11.4 Å². The molecule has 0 saturated carbocycles. The van der Waals surface area contributed by atoms with Gasteiger partial charge in [-0.25, -0.2) is 0 Å². The van der Waals surface area contributed by atoms with Crippen LogP contribution in [0.3, 0.4) is 0 Å². The number of nitrogens with zero attached hydrogens (tertiary/aromatic N) is 1. The molecule has 0 radical (unpaired) electrons. The van der Waals surface area contributed by atoms with Crippen LogP contribution in [-0.2, 0) is 0 Å². The summed E-state index contributed by atoms with van der Waals surface area (Å²) in [6, 6.07) is 4.77. The van der Waals surface area contributed by atoms with E-state index in [2.05, 4.69) is 32.6 Å².